The first-order valence-corrected chi connectivity index (χ1v) is 9.13. The van der Waals surface area contributed by atoms with E-state index >= 15 is 0 Å². The number of imidazole rings is 1. The molecule has 2 aromatic carbocycles. The molecule has 1 saturated heterocycles. The number of ether oxygens (including phenoxy) is 3. The first kappa shape index (κ1) is 17.8. The molecule has 0 radical (unpaired) electrons. The van der Waals surface area contributed by atoms with Gasteiger partial charge in [-0.1, -0.05) is 30.3 Å². The fraction of sp³-hybridized carbons (Fsp3) is 0.318. The summed E-state index contributed by atoms with van der Waals surface area (Å²) >= 11 is 0. The number of nitrogens with zero attached hydrogens (tertiary/aromatic N) is 2. The molecule has 0 N–H and O–H groups in total. The van der Waals surface area contributed by atoms with Crippen LogP contribution in [0, 0.1) is 6.92 Å². The second kappa shape index (κ2) is 7.18. The minimum absolute atomic E-state index is 0.0528. The summed E-state index contributed by atoms with van der Waals surface area (Å²) in [5, 5.41) is 0. The SMILES string of the molecule is COc1ccc(-c2ccc(C3(Cn4ccnc4)OCC(C)O3)cc2)c(C)c1. The molecule has 0 saturated carbocycles. The topological polar surface area (TPSA) is 45.5 Å². The largest absolute Gasteiger partial charge is 0.497 e. The van der Waals surface area contributed by atoms with E-state index in [-0.39, 0.29) is 6.10 Å². The summed E-state index contributed by atoms with van der Waals surface area (Å²) < 4.78 is 19.6. The van der Waals surface area contributed by atoms with Crippen LogP contribution in [0.5, 0.6) is 5.75 Å². The number of benzene rings is 2. The Morgan fingerprint density at radius 1 is 1.22 bits per heavy atom. The first-order valence-electron chi connectivity index (χ1n) is 9.13. The fourth-order valence-electron chi connectivity index (χ4n) is 3.58. The third-order valence-corrected chi connectivity index (χ3v) is 4.96. The zero-order valence-electron chi connectivity index (χ0n) is 15.9. The molecule has 2 unspecified atom stereocenters. The lowest BCUT2D eigenvalue weighted by Gasteiger charge is -2.29. The van der Waals surface area contributed by atoms with E-state index in [2.05, 4.69) is 48.3 Å². The number of rotatable bonds is 5. The highest BCUT2D eigenvalue weighted by molar-refractivity contribution is 5.68. The summed E-state index contributed by atoms with van der Waals surface area (Å²) in [6.45, 7) is 5.27. The van der Waals surface area contributed by atoms with Crippen LogP contribution in [-0.2, 0) is 21.8 Å². The van der Waals surface area contributed by atoms with Gasteiger partial charge in [0, 0.05) is 18.0 Å². The van der Waals surface area contributed by atoms with Gasteiger partial charge in [-0.25, -0.2) is 4.98 Å². The van der Waals surface area contributed by atoms with Crippen molar-refractivity contribution in [1.82, 2.24) is 9.55 Å². The van der Waals surface area contributed by atoms with Gasteiger partial charge in [0.05, 0.1) is 32.7 Å². The molecule has 4 rings (SSSR count). The molecule has 3 aromatic rings. The van der Waals surface area contributed by atoms with Gasteiger partial charge in [-0.2, -0.15) is 0 Å². The van der Waals surface area contributed by atoms with Crippen molar-refractivity contribution in [2.75, 3.05) is 13.7 Å². The molecule has 0 amide bonds. The second-order valence-corrected chi connectivity index (χ2v) is 6.99. The molecule has 5 heteroatoms. The monoisotopic (exact) mass is 364 g/mol. The van der Waals surface area contributed by atoms with Crippen molar-refractivity contribution >= 4 is 0 Å². The summed E-state index contributed by atoms with van der Waals surface area (Å²) in [7, 11) is 1.69. The third-order valence-electron chi connectivity index (χ3n) is 4.96. The van der Waals surface area contributed by atoms with E-state index in [0.717, 1.165) is 16.9 Å². The number of methoxy groups -OCH3 is 1. The van der Waals surface area contributed by atoms with Gasteiger partial charge in [0.1, 0.15) is 5.75 Å². The van der Waals surface area contributed by atoms with E-state index in [9.17, 15) is 0 Å². The van der Waals surface area contributed by atoms with Crippen LogP contribution in [0.2, 0.25) is 0 Å². The van der Waals surface area contributed by atoms with Gasteiger partial charge in [-0.15, -0.1) is 0 Å². The highest BCUT2D eigenvalue weighted by Crippen LogP contribution is 2.37. The summed E-state index contributed by atoms with van der Waals surface area (Å²) in [5.74, 6) is 0.0852. The van der Waals surface area contributed by atoms with Crippen molar-refractivity contribution in [2.24, 2.45) is 0 Å². The molecule has 0 bridgehead atoms. The lowest BCUT2D eigenvalue weighted by atomic mass is 9.97. The average Bonchev–Trinajstić information content (AvgIpc) is 3.32. The molecular weight excluding hydrogens is 340 g/mol. The Labute approximate surface area is 159 Å². The standard InChI is InChI=1S/C22H24N2O3/c1-16-12-20(25-3)8-9-21(16)18-4-6-19(7-5-18)22(26-13-17(2)27-22)14-24-11-10-23-15-24/h4-12,15,17H,13-14H2,1-3H3. The third kappa shape index (κ3) is 3.48. The molecule has 2 atom stereocenters. The Bertz CT molecular complexity index is 906. The Morgan fingerprint density at radius 2 is 2.04 bits per heavy atom. The molecule has 1 aliphatic heterocycles. The predicted molar refractivity (Wildman–Crippen MR) is 104 cm³/mol. The highest BCUT2D eigenvalue weighted by Gasteiger charge is 2.42. The van der Waals surface area contributed by atoms with E-state index < -0.39 is 5.79 Å². The quantitative estimate of drug-likeness (QED) is 0.682. The molecular formula is C22H24N2O3. The van der Waals surface area contributed by atoms with E-state index in [1.54, 1.807) is 19.6 Å². The van der Waals surface area contributed by atoms with Crippen molar-refractivity contribution in [3.05, 3.63) is 72.3 Å². The predicted octanol–water partition coefficient (Wildman–Crippen LogP) is 4.16. The maximum Gasteiger partial charge on any atom is 0.213 e. The van der Waals surface area contributed by atoms with E-state index in [4.69, 9.17) is 14.2 Å². The van der Waals surface area contributed by atoms with Crippen molar-refractivity contribution in [1.29, 1.82) is 0 Å². The van der Waals surface area contributed by atoms with Crippen LogP contribution in [0.4, 0.5) is 0 Å². The smallest absolute Gasteiger partial charge is 0.213 e. The average molecular weight is 364 g/mol. The lowest BCUT2D eigenvalue weighted by Crippen LogP contribution is -2.33. The van der Waals surface area contributed by atoms with Gasteiger partial charge in [-0.3, -0.25) is 0 Å². The molecule has 0 spiro atoms. The van der Waals surface area contributed by atoms with E-state index in [0.29, 0.717) is 13.2 Å². The minimum Gasteiger partial charge on any atom is -0.497 e. The summed E-state index contributed by atoms with van der Waals surface area (Å²) in [6, 6.07) is 14.6. The van der Waals surface area contributed by atoms with Gasteiger partial charge < -0.3 is 18.8 Å². The Hall–Kier alpha value is -2.63. The van der Waals surface area contributed by atoms with Crippen LogP contribution in [0.1, 0.15) is 18.1 Å². The van der Waals surface area contributed by atoms with Crippen LogP contribution >= 0.6 is 0 Å². The zero-order valence-corrected chi connectivity index (χ0v) is 15.9. The number of hydrogen-bond donors (Lipinski definition) is 0. The number of hydrogen-bond acceptors (Lipinski definition) is 4. The Morgan fingerprint density at radius 3 is 2.63 bits per heavy atom. The van der Waals surface area contributed by atoms with Crippen LogP contribution in [0.3, 0.4) is 0 Å². The van der Waals surface area contributed by atoms with Crippen LogP contribution in [0.25, 0.3) is 11.1 Å². The normalized spacial score (nSPS) is 22.1. The molecule has 1 aliphatic rings. The highest BCUT2D eigenvalue weighted by atomic mass is 16.7. The van der Waals surface area contributed by atoms with Crippen molar-refractivity contribution in [3.8, 4) is 16.9 Å². The van der Waals surface area contributed by atoms with Gasteiger partial charge >= 0.3 is 0 Å². The zero-order chi connectivity index (χ0) is 18.9. The van der Waals surface area contributed by atoms with Crippen molar-refractivity contribution in [2.45, 2.75) is 32.3 Å². The molecule has 1 aromatic heterocycles. The molecule has 1 fully saturated rings. The summed E-state index contributed by atoms with van der Waals surface area (Å²) in [4.78, 5) is 4.13. The molecule has 140 valence electrons. The minimum atomic E-state index is -0.784. The maximum absolute atomic E-state index is 6.22. The number of aryl methyl sites for hydroxylation is 1. The maximum atomic E-state index is 6.22. The Kier molecular flexibility index (Phi) is 4.72. The molecule has 0 aliphatic carbocycles. The molecule has 27 heavy (non-hydrogen) atoms. The second-order valence-electron chi connectivity index (χ2n) is 6.99. The Balaban J connectivity index is 1.65. The summed E-state index contributed by atoms with van der Waals surface area (Å²) in [6.07, 6.45) is 5.53. The molecule has 5 nitrogen and oxygen atoms in total. The van der Waals surface area contributed by atoms with Crippen molar-refractivity contribution < 1.29 is 14.2 Å². The van der Waals surface area contributed by atoms with E-state index in [1.807, 2.05) is 23.8 Å². The van der Waals surface area contributed by atoms with Crippen LogP contribution in [0.15, 0.2) is 61.2 Å². The van der Waals surface area contributed by atoms with E-state index in [1.165, 1.54) is 11.1 Å². The van der Waals surface area contributed by atoms with Gasteiger partial charge in [-0.05, 0) is 42.7 Å². The first-order chi connectivity index (χ1) is 13.1. The number of aromatic nitrogens is 2. The lowest BCUT2D eigenvalue weighted by molar-refractivity contribution is -0.185. The molecule has 2 heterocycles. The van der Waals surface area contributed by atoms with Gasteiger partial charge in [0.2, 0.25) is 5.79 Å². The van der Waals surface area contributed by atoms with Gasteiger partial charge in [0.25, 0.3) is 0 Å². The fourth-order valence-corrected chi connectivity index (χ4v) is 3.58. The summed E-state index contributed by atoms with van der Waals surface area (Å²) in [5.41, 5.74) is 4.53. The van der Waals surface area contributed by atoms with Crippen LogP contribution in [-0.4, -0.2) is 29.4 Å². The van der Waals surface area contributed by atoms with Crippen LogP contribution < -0.4 is 4.74 Å². The van der Waals surface area contributed by atoms with Crippen molar-refractivity contribution in [3.63, 3.8) is 0 Å². The van der Waals surface area contributed by atoms with Gasteiger partial charge in [0.15, 0.2) is 0 Å².